The van der Waals surface area contributed by atoms with Crippen LogP contribution in [0.1, 0.15) is 0 Å². The first kappa shape index (κ1) is 5.79. The number of carbonyl (C=O) groups excluding carboxylic acids is 1. The Morgan fingerprint density at radius 2 is 2.38 bits per heavy atom. The van der Waals surface area contributed by atoms with Gasteiger partial charge in [0.05, 0.1) is 0 Å². The fourth-order valence-corrected chi connectivity index (χ4v) is 2.13. The van der Waals surface area contributed by atoms with E-state index in [2.05, 4.69) is 4.63 Å². The molecule has 0 fully saturated rings. The third kappa shape index (κ3) is 1.32. The van der Waals surface area contributed by atoms with Gasteiger partial charge in [0.2, 0.25) is 0 Å². The maximum atomic E-state index is 10.1. The Morgan fingerprint density at radius 3 is 2.75 bits per heavy atom. The van der Waals surface area contributed by atoms with E-state index in [1.165, 1.54) is 0 Å². The molecule has 2 heteroatoms. The van der Waals surface area contributed by atoms with E-state index in [-0.39, 0.29) is 0 Å². The number of hydrogen-bond acceptors (Lipinski definition) is 1. The maximum absolute atomic E-state index is 10.1. The van der Waals surface area contributed by atoms with Crippen LogP contribution in [0.25, 0.3) is 0 Å². The number of hydrogen-bond donors (Lipinski definition) is 0. The predicted molar refractivity (Wildman–Crippen MR) is 35.1 cm³/mol. The van der Waals surface area contributed by atoms with Crippen molar-refractivity contribution in [3.8, 4) is 0 Å². The zero-order valence-electron chi connectivity index (χ0n) is 4.37. The normalized spacial score (nSPS) is 14.8. The molecule has 0 saturated heterocycles. The van der Waals surface area contributed by atoms with Gasteiger partial charge in [0, 0.05) is 0 Å². The summed E-state index contributed by atoms with van der Waals surface area (Å²) in [6.45, 7) is 0. The molecule has 0 spiro atoms. The van der Waals surface area contributed by atoms with Gasteiger partial charge in [0.15, 0.2) is 0 Å². The SMILES string of the molecule is O=C[C]1=[Ga][CH]=CC=C1. The van der Waals surface area contributed by atoms with Crippen molar-refractivity contribution in [3.05, 3.63) is 22.9 Å². The molecule has 0 aromatic carbocycles. The van der Waals surface area contributed by atoms with E-state index >= 15 is 0 Å². The molecule has 0 aromatic rings. The van der Waals surface area contributed by atoms with Crippen LogP contribution >= 0.6 is 0 Å². The van der Waals surface area contributed by atoms with Gasteiger partial charge in [-0.3, -0.25) is 0 Å². The molecule has 1 nitrogen and oxygen atoms in total. The molecule has 0 saturated carbocycles. The Morgan fingerprint density at radius 1 is 1.50 bits per heavy atom. The van der Waals surface area contributed by atoms with Gasteiger partial charge >= 0.3 is 55.0 Å². The Bertz CT molecular complexity index is 177. The standard InChI is InChI=1S/C6H5O.Ga/c1-2-3-4-5-6-7;/h1-4,6H;. The molecule has 0 N–H and O–H groups in total. The summed E-state index contributed by atoms with van der Waals surface area (Å²) in [6, 6.07) is 0. The summed E-state index contributed by atoms with van der Waals surface area (Å²) >= 11 is -0.432. The molecule has 0 aliphatic carbocycles. The number of allylic oxidation sites excluding steroid dienone is 3. The molecule has 38 valence electrons. The quantitative estimate of drug-likeness (QED) is 0.397. The Hall–Kier alpha value is -0.344. The van der Waals surface area contributed by atoms with Crippen molar-refractivity contribution in [3.63, 3.8) is 0 Å². The van der Waals surface area contributed by atoms with Gasteiger partial charge in [-0.1, -0.05) is 0 Å². The van der Waals surface area contributed by atoms with E-state index in [1.54, 1.807) is 0 Å². The van der Waals surface area contributed by atoms with Crippen LogP contribution in [-0.4, -0.2) is 27.3 Å². The second-order valence-corrected chi connectivity index (χ2v) is 4.43. The Labute approximate surface area is 55.4 Å². The molecule has 1 heterocycles. The van der Waals surface area contributed by atoms with Crippen molar-refractivity contribution >= 4 is 27.3 Å². The van der Waals surface area contributed by atoms with E-state index in [9.17, 15) is 4.79 Å². The number of carbonyl (C=O) groups is 1. The Kier molecular flexibility index (Phi) is 2.06. The third-order valence-corrected chi connectivity index (χ3v) is 3.30. The van der Waals surface area contributed by atoms with Gasteiger partial charge < -0.3 is 0 Å². The van der Waals surface area contributed by atoms with Gasteiger partial charge in [-0.15, -0.1) is 0 Å². The van der Waals surface area contributed by atoms with E-state index in [0.717, 1.165) is 10.4 Å². The second kappa shape index (κ2) is 2.84. The molecule has 0 radical (unpaired) electrons. The van der Waals surface area contributed by atoms with E-state index in [0.29, 0.717) is 0 Å². The molecule has 0 bridgehead atoms. The second-order valence-electron chi connectivity index (χ2n) is 1.53. The van der Waals surface area contributed by atoms with Gasteiger partial charge in [-0.2, -0.15) is 0 Å². The fraction of sp³-hybridized carbons (Fsp3) is 0. The summed E-state index contributed by atoms with van der Waals surface area (Å²) in [5.74, 6) is 0. The molecular formula is C6H5GaO. The van der Waals surface area contributed by atoms with Crippen molar-refractivity contribution in [2.24, 2.45) is 0 Å². The molecular weight excluding hydrogens is 158 g/mol. The topological polar surface area (TPSA) is 17.1 Å². The summed E-state index contributed by atoms with van der Waals surface area (Å²) in [6.07, 6.45) is 6.77. The summed E-state index contributed by atoms with van der Waals surface area (Å²) in [5.41, 5.74) is 0. The molecule has 1 aliphatic rings. The predicted octanol–water partition coefficient (Wildman–Crippen LogP) is 0.145. The molecule has 0 amide bonds. The average Bonchev–Trinajstić information content (AvgIpc) is 1.90. The van der Waals surface area contributed by atoms with Crippen LogP contribution in [-0.2, 0) is 4.79 Å². The van der Waals surface area contributed by atoms with Gasteiger partial charge in [0.25, 0.3) is 0 Å². The van der Waals surface area contributed by atoms with Crippen LogP contribution in [0.4, 0.5) is 0 Å². The van der Waals surface area contributed by atoms with Crippen LogP contribution in [0.5, 0.6) is 0 Å². The van der Waals surface area contributed by atoms with E-state index in [1.807, 2.05) is 18.2 Å². The zero-order chi connectivity index (χ0) is 5.82. The van der Waals surface area contributed by atoms with Crippen LogP contribution in [0.2, 0.25) is 0 Å². The average molecular weight is 163 g/mol. The minimum absolute atomic E-state index is 0.432. The van der Waals surface area contributed by atoms with Gasteiger partial charge in [-0.05, 0) is 0 Å². The van der Waals surface area contributed by atoms with Crippen molar-refractivity contribution in [2.45, 2.75) is 0 Å². The fourth-order valence-electron chi connectivity index (χ4n) is 0.532. The summed E-state index contributed by atoms with van der Waals surface area (Å²) in [5, 5.41) is 0. The van der Waals surface area contributed by atoms with Gasteiger partial charge in [-0.25, -0.2) is 0 Å². The van der Waals surface area contributed by atoms with Crippen molar-refractivity contribution in [1.82, 2.24) is 0 Å². The van der Waals surface area contributed by atoms with Gasteiger partial charge in [0.1, 0.15) is 0 Å². The molecule has 1 aliphatic heterocycles. The monoisotopic (exact) mass is 162 g/mol. The first-order chi connectivity index (χ1) is 3.93. The van der Waals surface area contributed by atoms with Crippen molar-refractivity contribution in [1.29, 1.82) is 0 Å². The van der Waals surface area contributed by atoms with Crippen molar-refractivity contribution in [2.75, 3.05) is 0 Å². The van der Waals surface area contributed by atoms with E-state index in [4.69, 9.17) is 0 Å². The minimum atomic E-state index is -0.432. The zero-order valence-corrected chi connectivity index (χ0v) is 6.79. The van der Waals surface area contributed by atoms with Crippen LogP contribution < -0.4 is 0 Å². The van der Waals surface area contributed by atoms with E-state index < -0.39 is 17.0 Å². The summed E-state index contributed by atoms with van der Waals surface area (Å²) in [7, 11) is 0. The molecule has 0 atom stereocenters. The van der Waals surface area contributed by atoms with Crippen LogP contribution in [0, 0.1) is 0 Å². The number of rotatable bonds is 1. The molecule has 0 aromatic heterocycles. The van der Waals surface area contributed by atoms with Crippen LogP contribution in [0.3, 0.4) is 0 Å². The molecule has 8 heavy (non-hydrogen) atoms. The first-order valence-electron chi connectivity index (χ1n) is 2.44. The number of aldehydes is 1. The Balaban J connectivity index is 2.82. The molecule has 0 unspecified atom stereocenters. The summed E-state index contributed by atoms with van der Waals surface area (Å²) in [4.78, 5) is 10.1. The first-order valence-corrected chi connectivity index (χ1v) is 5.05. The van der Waals surface area contributed by atoms with Crippen molar-refractivity contribution < 1.29 is 4.79 Å². The third-order valence-electron chi connectivity index (χ3n) is 0.936. The summed E-state index contributed by atoms with van der Waals surface area (Å²) < 4.78 is 3.13. The van der Waals surface area contributed by atoms with Crippen LogP contribution in [0.15, 0.2) is 22.9 Å². The molecule has 1 rings (SSSR count).